The van der Waals surface area contributed by atoms with Crippen molar-refractivity contribution < 1.29 is 0 Å². The van der Waals surface area contributed by atoms with E-state index in [4.69, 9.17) is 9.56 Å². The van der Waals surface area contributed by atoms with Gasteiger partial charge >= 0.3 is 0 Å². The Balaban J connectivity index is 1.84. The number of hydrogen-bond donors (Lipinski definition) is 2. The second-order valence-corrected chi connectivity index (χ2v) is 7.82. The van der Waals surface area contributed by atoms with Crippen LogP contribution < -0.4 is 0 Å². The minimum atomic E-state index is -0.671. The summed E-state index contributed by atoms with van der Waals surface area (Å²) in [6.07, 6.45) is 0. The van der Waals surface area contributed by atoms with E-state index in [9.17, 15) is 0 Å². The fourth-order valence-electron chi connectivity index (χ4n) is 2.10. The van der Waals surface area contributed by atoms with Gasteiger partial charge in [0.2, 0.25) is 0 Å². The van der Waals surface area contributed by atoms with E-state index >= 15 is 0 Å². The standard InChI is InChI=1S/C18H16N2S2/c19-21(15-7-3-1-4-8-15)17-11-13-18(14-12-17)22(20)16-9-5-2-6-10-16/h1-14,19-20H/t21-,22+. The van der Waals surface area contributed by atoms with E-state index in [1.165, 1.54) is 0 Å². The lowest BCUT2D eigenvalue weighted by Crippen LogP contribution is -1.94. The molecule has 2 atom stereocenters. The van der Waals surface area contributed by atoms with Crippen LogP contribution in [0.25, 0.3) is 0 Å². The van der Waals surface area contributed by atoms with Gasteiger partial charge in [-0.3, -0.25) is 9.56 Å². The Bertz CT molecular complexity index is 727. The number of hydrogen-bond acceptors (Lipinski definition) is 2. The van der Waals surface area contributed by atoms with Gasteiger partial charge in [-0.25, -0.2) is 0 Å². The SMILES string of the molecule is N=[S@](c1ccccc1)c1ccc([S@@](=N)c2ccccc2)cc1. The van der Waals surface area contributed by atoms with E-state index < -0.39 is 21.4 Å². The van der Waals surface area contributed by atoms with Gasteiger partial charge in [0.15, 0.2) is 0 Å². The van der Waals surface area contributed by atoms with Gasteiger partial charge in [-0.2, -0.15) is 0 Å². The number of benzene rings is 3. The van der Waals surface area contributed by atoms with Crippen molar-refractivity contribution in [1.29, 1.82) is 9.56 Å². The first-order valence-corrected chi connectivity index (χ1v) is 9.32. The largest absolute Gasteiger partial charge is 0.271 e. The van der Waals surface area contributed by atoms with Crippen molar-refractivity contribution >= 4 is 21.4 Å². The molecule has 0 unspecified atom stereocenters. The molecule has 0 aliphatic rings. The Morgan fingerprint density at radius 1 is 0.409 bits per heavy atom. The quantitative estimate of drug-likeness (QED) is 0.655. The van der Waals surface area contributed by atoms with Crippen LogP contribution in [0.2, 0.25) is 0 Å². The lowest BCUT2D eigenvalue weighted by atomic mass is 10.4. The molecule has 0 aliphatic heterocycles. The highest BCUT2D eigenvalue weighted by Crippen LogP contribution is 2.21. The minimum Gasteiger partial charge on any atom is -0.271 e. The van der Waals surface area contributed by atoms with Crippen LogP contribution in [0, 0.1) is 9.56 Å². The zero-order valence-electron chi connectivity index (χ0n) is 11.9. The van der Waals surface area contributed by atoms with Crippen LogP contribution in [0.15, 0.2) is 105 Å². The van der Waals surface area contributed by atoms with Crippen LogP contribution in [-0.4, -0.2) is 0 Å². The van der Waals surface area contributed by atoms with Crippen LogP contribution in [-0.2, 0) is 21.4 Å². The predicted molar refractivity (Wildman–Crippen MR) is 92.6 cm³/mol. The molecular weight excluding hydrogens is 308 g/mol. The summed E-state index contributed by atoms with van der Waals surface area (Å²) in [6, 6.07) is 27.7. The van der Waals surface area contributed by atoms with Gasteiger partial charge in [0, 0.05) is 19.6 Å². The molecule has 2 nitrogen and oxygen atoms in total. The molecule has 0 fully saturated rings. The first-order valence-electron chi connectivity index (χ1n) is 6.87. The van der Waals surface area contributed by atoms with Gasteiger partial charge in [0.05, 0.1) is 0 Å². The Hall–Kier alpha value is -2.04. The Labute approximate surface area is 135 Å². The second-order valence-electron chi connectivity index (χ2n) is 4.71. The average molecular weight is 324 g/mol. The van der Waals surface area contributed by atoms with Crippen LogP contribution in [0.4, 0.5) is 0 Å². The highest BCUT2D eigenvalue weighted by atomic mass is 32.2. The third-order valence-electron chi connectivity index (χ3n) is 3.25. The summed E-state index contributed by atoms with van der Waals surface area (Å²) in [5, 5.41) is 0. The molecule has 3 rings (SSSR count). The van der Waals surface area contributed by atoms with Crippen molar-refractivity contribution in [2.75, 3.05) is 0 Å². The summed E-state index contributed by atoms with van der Waals surface area (Å²) in [5.74, 6) is 0. The average Bonchev–Trinajstić information content (AvgIpc) is 2.62. The summed E-state index contributed by atoms with van der Waals surface area (Å²) in [5.41, 5.74) is 0. The van der Waals surface area contributed by atoms with Gasteiger partial charge in [-0.15, -0.1) is 0 Å². The van der Waals surface area contributed by atoms with Gasteiger partial charge in [0.1, 0.15) is 0 Å². The maximum absolute atomic E-state index is 8.38. The molecule has 0 aliphatic carbocycles. The first kappa shape index (κ1) is 14.9. The summed E-state index contributed by atoms with van der Waals surface area (Å²) < 4.78 is 16.8. The molecule has 0 spiro atoms. The van der Waals surface area contributed by atoms with E-state index in [1.807, 2.05) is 84.9 Å². The molecule has 0 amide bonds. The highest BCUT2D eigenvalue weighted by Gasteiger charge is 2.05. The molecule has 0 saturated heterocycles. The Morgan fingerprint density at radius 2 is 0.682 bits per heavy atom. The maximum atomic E-state index is 8.38. The third-order valence-corrected chi connectivity index (χ3v) is 6.23. The van der Waals surface area contributed by atoms with Crippen molar-refractivity contribution in [3.63, 3.8) is 0 Å². The second kappa shape index (κ2) is 6.81. The van der Waals surface area contributed by atoms with Crippen LogP contribution >= 0.6 is 0 Å². The number of rotatable bonds is 4. The third kappa shape index (κ3) is 3.24. The smallest absolute Gasteiger partial charge is 0.0230 e. The molecule has 3 aromatic rings. The van der Waals surface area contributed by atoms with E-state index in [2.05, 4.69) is 0 Å². The van der Waals surface area contributed by atoms with Crippen molar-refractivity contribution in [3.05, 3.63) is 84.9 Å². The lowest BCUT2D eigenvalue weighted by molar-refractivity contribution is 1.29. The predicted octanol–water partition coefficient (Wildman–Crippen LogP) is 5.28. The highest BCUT2D eigenvalue weighted by molar-refractivity contribution is 7.86. The van der Waals surface area contributed by atoms with Crippen molar-refractivity contribution in [2.45, 2.75) is 19.6 Å². The van der Waals surface area contributed by atoms with Crippen molar-refractivity contribution in [3.8, 4) is 0 Å². The summed E-state index contributed by atoms with van der Waals surface area (Å²) >= 11 is 0. The lowest BCUT2D eigenvalue weighted by Gasteiger charge is -2.09. The molecule has 0 saturated carbocycles. The molecule has 22 heavy (non-hydrogen) atoms. The zero-order valence-corrected chi connectivity index (χ0v) is 13.5. The van der Waals surface area contributed by atoms with E-state index in [0.29, 0.717) is 0 Å². The molecule has 0 radical (unpaired) electrons. The molecule has 3 aromatic carbocycles. The van der Waals surface area contributed by atoms with E-state index in [-0.39, 0.29) is 0 Å². The molecule has 0 aromatic heterocycles. The van der Waals surface area contributed by atoms with Gasteiger partial charge < -0.3 is 0 Å². The maximum Gasteiger partial charge on any atom is 0.0230 e. The molecule has 0 heterocycles. The molecule has 2 N–H and O–H groups in total. The van der Waals surface area contributed by atoms with Crippen molar-refractivity contribution in [1.82, 2.24) is 0 Å². The van der Waals surface area contributed by atoms with Crippen LogP contribution in [0.1, 0.15) is 0 Å². The zero-order chi connectivity index (χ0) is 15.4. The minimum absolute atomic E-state index is 0.671. The molecule has 0 bridgehead atoms. The molecule has 4 heteroatoms. The molecular formula is C18H16N2S2. The summed E-state index contributed by atoms with van der Waals surface area (Å²) in [6.45, 7) is 0. The fraction of sp³-hybridized carbons (Fsp3) is 0. The van der Waals surface area contributed by atoms with E-state index in [0.717, 1.165) is 19.6 Å². The Kier molecular flexibility index (Phi) is 4.61. The summed E-state index contributed by atoms with van der Waals surface area (Å²) in [4.78, 5) is 4.01. The van der Waals surface area contributed by atoms with Gasteiger partial charge in [-0.05, 0) is 69.9 Å². The van der Waals surface area contributed by atoms with Gasteiger partial charge in [-0.1, -0.05) is 36.4 Å². The normalized spacial score (nSPS) is 13.5. The van der Waals surface area contributed by atoms with Gasteiger partial charge in [0.25, 0.3) is 0 Å². The van der Waals surface area contributed by atoms with Crippen molar-refractivity contribution in [2.24, 2.45) is 0 Å². The molecule has 110 valence electrons. The monoisotopic (exact) mass is 324 g/mol. The number of nitrogens with one attached hydrogen (secondary N) is 2. The summed E-state index contributed by atoms with van der Waals surface area (Å²) in [7, 11) is -1.34. The topological polar surface area (TPSA) is 47.7 Å². The van der Waals surface area contributed by atoms with Crippen LogP contribution in [0.3, 0.4) is 0 Å². The first-order chi connectivity index (χ1) is 10.8. The Morgan fingerprint density at radius 3 is 1.00 bits per heavy atom. The van der Waals surface area contributed by atoms with Crippen LogP contribution in [0.5, 0.6) is 0 Å². The van der Waals surface area contributed by atoms with E-state index in [1.54, 1.807) is 0 Å². The fourth-order valence-corrected chi connectivity index (χ4v) is 4.32.